The first kappa shape index (κ1) is 3.84. The first-order valence-corrected chi connectivity index (χ1v) is 2.46. The summed E-state index contributed by atoms with van der Waals surface area (Å²) in [6.07, 6.45) is 4.56. The molecule has 37 valence electrons. The van der Waals surface area contributed by atoms with Crippen LogP contribution in [0, 0.1) is 6.20 Å². The molecule has 0 atom stereocenters. The molecule has 0 fully saturated rings. The van der Waals surface area contributed by atoms with Gasteiger partial charge in [-0.1, -0.05) is 6.58 Å². The van der Waals surface area contributed by atoms with Crippen molar-refractivity contribution in [3.05, 3.63) is 36.2 Å². The van der Waals surface area contributed by atoms with Gasteiger partial charge in [-0.2, -0.15) is 0 Å². The number of hydrogen-bond acceptors (Lipinski definition) is 1. The summed E-state index contributed by atoms with van der Waals surface area (Å²) in [4.78, 5) is 3.80. The third-order valence-corrected chi connectivity index (χ3v) is 1.33. The second kappa shape index (κ2) is 0.996. The van der Waals surface area contributed by atoms with Gasteiger partial charge < -0.3 is 0 Å². The maximum Gasteiger partial charge on any atom is 0.0977 e. The van der Waals surface area contributed by atoms with Gasteiger partial charge in [0.25, 0.3) is 0 Å². The van der Waals surface area contributed by atoms with Gasteiger partial charge >= 0.3 is 0 Å². The van der Waals surface area contributed by atoms with Gasteiger partial charge in [0.2, 0.25) is 0 Å². The van der Waals surface area contributed by atoms with E-state index in [4.69, 9.17) is 0 Å². The zero-order valence-electron chi connectivity index (χ0n) is 4.31. The standard InChI is InChI=1S/C7H4N/c1-5-6-2-3-8-4-7(5)6/h2-3H,1H2. The third kappa shape index (κ3) is 0.293. The molecule has 1 radical (unpaired) electrons. The van der Waals surface area contributed by atoms with Crippen molar-refractivity contribution >= 4 is 5.57 Å². The van der Waals surface area contributed by atoms with Crippen LogP contribution in [0.2, 0.25) is 0 Å². The fourth-order valence-electron chi connectivity index (χ4n) is 0.768. The topological polar surface area (TPSA) is 12.9 Å². The molecule has 1 aliphatic carbocycles. The maximum absolute atomic E-state index is 3.80. The van der Waals surface area contributed by atoms with E-state index in [0.29, 0.717) is 0 Å². The van der Waals surface area contributed by atoms with E-state index < -0.39 is 0 Å². The summed E-state index contributed by atoms with van der Waals surface area (Å²) < 4.78 is 0. The molecule has 1 aliphatic rings. The molecule has 1 nitrogen and oxygen atoms in total. The Kier molecular flexibility index (Phi) is 0.478. The first-order chi connectivity index (χ1) is 3.89. The van der Waals surface area contributed by atoms with E-state index in [2.05, 4.69) is 17.8 Å². The molecule has 0 spiro atoms. The van der Waals surface area contributed by atoms with Crippen molar-refractivity contribution in [1.82, 2.24) is 4.98 Å². The Hall–Kier alpha value is -1.11. The van der Waals surface area contributed by atoms with Crippen LogP contribution in [-0.4, -0.2) is 4.98 Å². The normalized spacial score (nSPS) is 13.2. The van der Waals surface area contributed by atoms with Crippen molar-refractivity contribution in [2.45, 2.75) is 0 Å². The van der Waals surface area contributed by atoms with Crippen LogP contribution in [0.15, 0.2) is 18.8 Å². The van der Waals surface area contributed by atoms with Crippen LogP contribution < -0.4 is 0 Å². The lowest BCUT2D eigenvalue weighted by molar-refractivity contribution is 1.33. The minimum Gasteiger partial charge on any atom is -0.254 e. The minimum absolute atomic E-state index is 1.10. The van der Waals surface area contributed by atoms with Crippen molar-refractivity contribution in [3.8, 4) is 0 Å². The van der Waals surface area contributed by atoms with Crippen LogP contribution in [-0.2, 0) is 0 Å². The van der Waals surface area contributed by atoms with Crippen LogP contribution in [0.1, 0.15) is 11.1 Å². The van der Waals surface area contributed by atoms with Crippen molar-refractivity contribution in [2.24, 2.45) is 0 Å². The lowest BCUT2D eigenvalue weighted by Crippen LogP contribution is -1.60. The Bertz CT molecular complexity index is 225. The summed E-state index contributed by atoms with van der Waals surface area (Å²) in [6, 6.07) is 1.95. The van der Waals surface area contributed by atoms with Gasteiger partial charge in [-0.3, -0.25) is 4.98 Å². The Balaban J connectivity index is 2.74. The molecule has 0 amide bonds. The lowest BCUT2D eigenvalue weighted by atomic mass is 10.5. The molecule has 0 saturated heterocycles. The SMILES string of the molecule is C=C1c2[c]nccc21. The minimum atomic E-state index is 1.10. The van der Waals surface area contributed by atoms with Gasteiger partial charge in [0, 0.05) is 11.8 Å². The van der Waals surface area contributed by atoms with Crippen LogP contribution >= 0.6 is 0 Å². The molecule has 0 aliphatic heterocycles. The van der Waals surface area contributed by atoms with Gasteiger partial charge in [0.05, 0.1) is 6.20 Å². The molecule has 0 N–H and O–H groups in total. The Morgan fingerprint density at radius 1 is 1.62 bits per heavy atom. The fraction of sp³-hybridized carbons (Fsp3) is 0. The first-order valence-electron chi connectivity index (χ1n) is 2.46. The number of nitrogens with zero attached hydrogens (tertiary/aromatic N) is 1. The molecule has 2 rings (SSSR count). The average molecular weight is 102 g/mol. The van der Waals surface area contributed by atoms with Gasteiger partial charge in [-0.05, 0) is 17.2 Å². The van der Waals surface area contributed by atoms with E-state index in [1.165, 1.54) is 5.56 Å². The Morgan fingerprint density at radius 3 is 3.00 bits per heavy atom. The lowest BCUT2D eigenvalue weighted by Gasteiger charge is -1.66. The second-order valence-electron chi connectivity index (χ2n) is 1.82. The average Bonchev–Trinajstić information content (AvgIpc) is 2.46. The van der Waals surface area contributed by atoms with E-state index in [9.17, 15) is 0 Å². The molecule has 0 bridgehead atoms. The van der Waals surface area contributed by atoms with Gasteiger partial charge in [0.15, 0.2) is 0 Å². The van der Waals surface area contributed by atoms with Crippen LogP contribution in [0.5, 0.6) is 0 Å². The van der Waals surface area contributed by atoms with Crippen molar-refractivity contribution < 1.29 is 0 Å². The number of hydrogen-bond donors (Lipinski definition) is 0. The Labute approximate surface area is 47.7 Å². The summed E-state index contributed by atoms with van der Waals surface area (Å²) in [5.74, 6) is 0. The fourth-order valence-corrected chi connectivity index (χ4v) is 0.768. The zero-order valence-corrected chi connectivity index (χ0v) is 4.31. The quantitative estimate of drug-likeness (QED) is 0.488. The monoisotopic (exact) mass is 102 g/mol. The molecule has 1 heteroatoms. The van der Waals surface area contributed by atoms with Crippen LogP contribution in [0.3, 0.4) is 0 Å². The molecule has 0 saturated carbocycles. The van der Waals surface area contributed by atoms with E-state index in [-0.39, 0.29) is 0 Å². The van der Waals surface area contributed by atoms with Gasteiger partial charge in [0.1, 0.15) is 0 Å². The highest BCUT2D eigenvalue weighted by Gasteiger charge is 2.21. The molecule has 0 unspecified atom stereocenters. The summed E-state index contributed by atoms with van der Waals surface area (Å²) in [7, 11) is 0. The number of aromatic nitrogens is 1. The van der Waals surface area contributed by atoms with Crippen LogP contribution in [0.4, 0.5) is 0 Å². The molecule has 1 aromatic rings. The molecular formula is C7H4N. The molecule has 1 aromatic heterocycles. The third-order valence-electron chi connectivity index (χ3n) is 1.33. The zero-order chi connectivity index (χ0) is 5.56. The van der Waals surface area contributed by atoms with Crippen molar-refractivity contribution in [2.75, 3.05) is 0 Å². The largest absolute Gasteiger partial charge is 0.254 e. The molecular weight excluding hydrogens is 98.1 g/mol. The van der Waals surface area contributed by atoms with E-state index in [0.717, 1.165) is 11.1 Å². The summed E-state index contributed by atoms with van der Waals surface area (Å²) in [5, 5.41) is 0. The summed E-state index contributed by atoms with van der Waals surface area (Å²) in [5.41, 5.74) is 3.43. The second-order valence-corrected chi connectivity index (χ2v) is 1.82. The van der Waals surface area contributed by atoms with Crippen molar-refractivity contribution in [3.63, 3.8) is 0 Å². The number of pyridine rings is 1. The highest BCUT2D eigenvalue weighted by Crippen LogP contribution is 2.38. The summed E-state index contributed by atoms with van der Waals surface area (Å²) in [6.45, 7) is 3.76. The maximum atomic E-state index is 3.80. The van der Waals surface area contributed by atoms with Gasteiger partial charge in [-0.25, -0.2) is 0 Å². The van der Waals surface area contributed by atoms with E-state index in [1.54, 1.807) is 6.20 Å². The van der Waals surface area contributed by atoms with E-state index in [1.807, 2.05) is 6.07 Å². The number of rotatable bonds is 0. The molecule has 8 heavy (non-hydrogen) atoms. The Morgan fingerprint density at radius 2 is 2.50 bits per heavy atom. The van der Waals surface area contributed by atoms with Crippen molar-refractivity contribution in [1.29, 1.82) is 0 Å². The van der Waals surface area contributed by atoms with Gasteiger partial charge in [-0.15, -0.1) is 0 Å². The van der Waals surface area contributed by atoms with E-state index >= 15 is 0 Å². The predicted octanol–water partition coefficient (Wildman–Crippen LogP) is 1.26. The highest BCUT2D eigenvalue weighted by atomic mass is 14.6. The summed E-state index contributed by atoms with van der Waals surface area (Å²) >= 11 is 0. The molecule has 0 aromatic carbocycles. The molecule has 1 heterocycles. The smallest absolute Gasteiger partial charge is 0.0977 e. The number of fused-ring (bicyclic) bond motifs is 1. The highest BCUT2D eigenvalue weighted by molar-refractivity contribution is 5.97. The predicted molar refractivity (Wildman–Crippen MR) is 31.2 cm³/mol. The van der Waals surface area contributed by atoms with Crippen LogP contribution in [0.25, 0.3) is 5.57 Å².